The zero-order chi connectivity index (χ0) is 24.9. The van der Waals surface area contributed by atoms with Crippen LogP contribution in [0.5, 0.6) is 5.75 Å². The lowest BCUT2D eigenvalue weighted by molar-refractivity contribution is -0.157. The van der Waals surface area contributed by atoms with Crippen molar-refractivity contribution in [3.8, 4) is 5.75 Å². The number of nitrogens with zero attached hydrogens (tertiary/aromatic N) is 2. The van der Waals surface area contributed by atoms with Gasteiger partial charge in [0.2, 0.25) is 0 Å². The highest BCUT2D eigenvalue weighted by molar-refractivity contribution is 7.97. The van der Waals surface area contributed by atoms with E-state index in [9.17, 15) is 4.79 Å². The summed E-state index contributed by atoms with van der Waals surface area (Å²) in [5.74, 6) is 0.266. The zero-order valence-electron chi connectivity index (χ0n) is 21.2. The van der Waals surface area contributed by atoms with Crippen LogP contribution < -0.4 is 14.5 Å². The van der Waals surface area contributed by atoms with Crippen molar-refractivity contribution in [2.45, 2.75) is 41.1 Å². The molecule has 180 valence electrons. The number of benzene rings is 3. The topological polar surface area (TPSA) is 42.0 Å². The van der Waals surface area contributed by atoms with Crippen LogP contribution in [-0.4, -0.2) is 46.4 Å². The van der Waals surface area contributed by atoms with Crippen molar-refractivity contribution in [2.75, 3.05) is 44.6 Å². The Bertz CT molecular complexity index is 1020. The van der Waals surface area contributed by atoms with E-state index in [1.165, 1.54) is 26.1 Å². The summed E-state index contributed by atoms with van der Waals surface area (Å²) in [4.78, 5) is 19.8. The third-order valence-electron chi connectivity index (χ3n) is 5.01. The van der Waals surface area contributed by atoms with E-state index in [-0.39, 0.29) is 23.5 Å². The average molecular weight is 480 g/mol. The van der Waals surface area contributed by atoms with Gasteiger partial charge in [0.15, 0.2) is 21.3 Å². The van der Waals surface area contributed by atoms with Crippen molar-refractivity contribution in [3.05, 3.63) is 72.8 Å². The van der Waals surface area contributed by atoms with E-state index in [0.717, 1.165) is 0 Å². The van der Waals surface area contributed by atoms with E-state index in [0.29, 0.717) is 5.75 Å². The molecule has 3 rings (SSSR count). The van der Waals surface area contributed by atoms with Crippen LogP contribution in [0.15, 0.2) is 87.5 Å². The minimum absolute atomic E-state index is 0.111. The molecule has 0 unspecified atom stereocenters. The molecule has 0 saturated carbocycles. The molecule has 6 heteroatoms. The smallest absolute Gasteiger partial charge is 0.344 e. The van der Waals surface area contributed by atoms with Crippen LogP contribution in [0, 0.1) is 0 Å². The number of esters is 1. The van der Waals surface area contributed by atoms with Crippen LogP contribution in [0.3, 0.4) is 0 Å². The maximum Gasteiger partial charge on any atom is 0.344 e. The van der Waals surface area contributed by atoms with Crippen LogP contribution in [0.4, 0.5) is 11.4 Å². The molecule has 0 heterocycles. The molecule has 0 aromatic heterocycles. The van der Waals surface area contributed by atoms with Crippen molar-refractivity contribution in [1.82, 2.24) is 0 Å². The highest BCUT2D eigenvalue weighted by atomic mass is 32.2. The summed E-state index contributed by atoms with van der Waals surface area (Å²) < 4.78 is 11.0. The molecule has 0 aliphatic rings. The number of anilines is 2. The molecule has 0 amide bonds. The predicted molar refractivity (Wildman–Crippen MR) is 141 cm³/mol. The number of rotatable bonds is 8. The van der Waals surface area contributed by atoms with Gasteiger partial charge in [0.05, 0.1) is 10.9 Å². The van der Waals surface area contributed by atoms with Gasteiger partial charge in [-0.05, 0) is 93.6 Å². The Morgan fingerprint density at radius 1 is 0.706 bits per heavy atom. The molecule has 0 fully saturated rings. The van der Waals surface area contributed by atoms with Gasteiger partial charge in [0.25, 0.3) is 0 Å². The Balaban J connectivity index is 1.86. The summed E-state index contributed by atoms with van der Waals surface area (Å²) in [5, 5.41) is 0. The number of hydrogen-bond donors (Lipinski definition) is 0. The second kappa shape index (κ2) is 10.9. The van der Waals surface area contributed by atoms with E-state index in [1.54, 1.807) is 0 Å². The molecular formula is C28H35N2O3S+. The Morgan fingerprint density at radius 3 is 1.44 bits per heavy atom. The van der Waals surface area contributed by atoms with Gasteiger partial charge in [-0.2, -0.15) is 0 Å². The van der Waals surface area contributed by atoms with Gasteiger partial charge in [0.1, 0.15) is 11.4 Å². The van der Waals surface area contributed by atoms with Crippen LogP contribution in [0.1, 0.15) is 20.8 Å². The van der Waals surface area contributed by atoms with Gasteiger partial charge in [0, 0.05) is 39.6 Å². The average Bonchev–Trinajstić information content (AvgIpc) is 2.78. The van der Waals surface area contributed by atoms with Crippen molar-refractivity contribution in [2.24, 2.45) is 0 Å². The minimum atomic E-state index is -0.525. The molecule has 0 saturated heterocycles. The summed E-state index contributed by atoms with van der Waals surface area (Å²) in [7, 11) is 7.91. The Morgan fingerprint density at radius 2 is 1.09 bits per heavy atom. The first-order valence-electron chi connectivity index (χ1n) is 11.3. The second-order valence-corrected chi connectivity index (χ2v) is 11.5. The molecular weight excluding hydrogens is 444 g/mol. The fourth-order valence-electron chi connectivity index (χ4n) is 3.35. The first-order chi connectivity index (χ1) is 16.0. The van der Waals surface area contributed by atoms with Crippen molar-refractivity contribution >= 4 is 28.2 Å². The lowest BCUT2D eigenvalue weighted by atomic mass is 10.2. The summed E-state index contributed by atoms with van der Waals surface area (Å²) in [6.07, 6.45) is 0. The lowest BCUT2D eigenvalue weighted by Crippen LogP contribution is -2.27. The van der Waals surface area contributed by atoms with Crippen LogP contribution in [0.2, 0.25) is 0 Å². The Hall–Kier alpha value is -3.12. The van der Waals surface area contributed by atoms with Gasteiger partial charge in [-0.15, -0.1) is 0 Å². The minimum Gasteiger partial charge on any atom is -0.482 e. The molecule has 0 spiro atoms. The standard InChI is InChI=1S/C28H35N2O3S/c1-28(2,3)33-27(31)20-32-23-12-18-26(19-13-23)34(24-14-8-21(9-15-24)29(4)5)25-16-10-22(11-17-25)30(6)7/h8-19H,20H2,1-7H3/q+1. The second-order valence-electron chi connectivity index (χ2n) is 9.43. The van der Waals surface area contributed by atoms with Gasteiger partial charge in [-0.3, -0.25) is 0 Å². The van der Waals surface area contributed by atoms with Gasteiger partial charge in [-0.25, -0.2) is 4.79 Å². The Labute approximate surface area is 206 Å². The maximum atomic E-state index is 12.0. The van der Waals surface area contributed by atoms with E-state index in [4.69, 9.17) is 9.47 Å². The molecule has 3 aromatic carbocycles. The van der Waals surface area contributed by atoms with Gasteiger partial charge < -0.3 is 19.3 Å². The summed E-state index contributed by atoms with van der Waals surface area (Å²) in [5.41, 5.74) is 1.81. The number of carbonyl (C=O) groups excluding carboxylic acids is 1. The highest BCUT2D eigenvalue weighted by Gasteiger charge is 2.29. The van der Waals surface area contributed by atoms with Crippen LogP contribution >= 0.6 is 0 Å². The number of carbonyl (C=O) groups is 1. The van der Waals surface area contributed by atoms with Crippen molar-refractivity contribution in [3.63, 3.8) is 0 Å². The van der Waals surface area contributed by atoms with Crippen LogP contribution in [0.25, 0.3) is 0 Å². The third kappa shape index (κ3) is 6.94. The zero-order valence-corrected chi connectivity index (χ0v) is 22.0. The monoisotopic (exact) mass is 479 g/mol. The SMILES string of the molecule is CN(C)c1ccc([S+](c2ccc(OCC(=O)OC(C)(C)C)cc2)c2ccc(N(C)C)cc2)cc1. The van der Waals surface area contributed by atoms with Crippen LogP contribution in [-0.2, 0) is 20.4 Å². The number of hydrogen-bond acceptors (Lipinski definition) is 5. The fraction of sp³-hybridized carbons (Fsp3) is 0.321. The molecule has 34 heavy (non-hydrogen) atoms. The van der Waals surface area contributed by atoms with Crippen molar-refractivity contribution in [1.29, 1.82) is 0 Å². The molecule has 0 bridgehead atoms. The number of ether oxygens (including phenoxy) is 2. The highest BCUT2D eigenvalue weighted by Crippen LogP contribution is 2.34. The first-order valence-corrected chi connectivity index (χ1v) is 12.5. The normalized spacial score (nSPS) is 11.3. The van der Waals surface area contributed by atoms with E-state index >= 15 is 0 Å². The summed E-state index contributed by atoms with van der Waals surface area (Å²) in [6.45, 7) is 5.42. The van der Waals surface area contributed by atoms with Gasteiger partial charge >= 0.3 is 5.97 Å². The van der Waals surface area contributed by atoms with Gasteiger partial charge in [-0.1, -0.05) is 0 Å². The van der Waals surface area contributed by atoms with E-state index in [1.807, 2.05) is 61.1 Å². The Kier molecular flexibility index (Phi) is 8.15. The molecule has 0 aliphatic heterocycles. The molecule has 3 aromatic rings. The first kappa shape index (κ1) is 25.5. The van der Waals surface area contributed by atoms with E-state index in [2.05, 4.69) is 70.5 Å². The molecule has 0 aliphatic carbocycles. The quantitative estimate of drug-likeness (QED) is 0.309. The third-order valence-corrected chi connectivity index (χ3v) is 7.24. The molecule has 5 nitrogen and oxygen atoms in total. The van der Waals surface area contributed by atoms with E-state index < -0.39 is 5.60 Å². The van der Waals surface area contributed by atoms with Crippen molar-refractivity contribution < 1.29 is 14.3 Å². The maximum absolute atomic E-state index is 12.0. The largest absolute Gasteiger partial charge is 0.482 e. The molecule has 0 N–H and O–H groups in total. The lowest BCUT2D eigenvalue weighted by Gasteiger charge is -2.19. The summed E-state index contributed by atoms with van der Waals surface area (Å²) >= 11 is 0. The fourth-order valence-corrected chi connectivity index (χ4v) is 5.40. The summed E-state index contributed by atoms with van der Waals surface area (Å²) in [6, 6.07) is 25.4. The molecule has 0 radical (unpaired) electrons. The molecule has 0 atom stereocenters. The predicted octanol–water partition coefficient (Wildman–Crippen LogP) is 5.63.